The molecule has 0 aromatic carbocycles. The third-order valence-corrected chi connectivity index (χ3v) is 6.18. The molecule has 3 atom stereocenters. The number of aliphatic carboxylic acids is 1. The average molecular weight is 546 g/mol. The zero-order valence-corrected chi connectivity index (χ0v) is 25.0. The molecule has 0 fully saturated rings. The van der Waals surface area contributed by atoms with Gasteiger partial charge in [-0.2, -0.15) is 0 Å². The van der Waals surface area contributed by atoms with Crippen molar-refractivity contribution in [1.29, 1.82) is 0 Å². The third kappa shape index (κ3) is 25.4. The first kappa shape index (κ1) is 37.9. The number of nitrogens with two attached hydrogens (primary N) is 1. The number of carbonyl (C=O) groups is 2. The van der Waals surface area contributed by atoms with E-state index in [4.69, 9.17) is 10.5 Å². The number of carboxylic acid groups (broad SMARTS) is 1. The van der Waals surface area contributed by atoms with Crippen molar-refractivity contribution in [2.75, 3.05) is 19.8 Å². The first-order valence-corrected chi connectivity index (χ1v) is 14.2. The van der Waals surface area contributed by atoms with E-state index in [2.05, 4.69) is 28.1 Å². The van der Waals surface area contributed by atoms with Crippen molar-refractivity contribution in [3.63, 3.8) is 0 Å². The van der Waals surface area contributed by atoms with Gasteiger partial charge in [-0.05, 0) is 32.1 Å². The van der Waals surface area contributed by atoms with Crippen molar-refractivity contribution in [3.05, 3.63) is 12.2 Å². The van der Waals surface area contributed by atoms with Crippen LogP contribution in [0.3, 0.4) is 0 Å². The molecule has 0 rings (SSSR count). The number of phosphoric acid groups is 1. The molecule has 4 N–H and O–H groups in total. The number of phosphoric ester groups is 1. The zero-order valence-electron chi connectivity index (χ0n) is 22.1. The Morgan fingerprint density at radius 3 is 1.94 bits per heavy atom. The summed E-state index contributed by atoms with van der Waals surface area (Å²) in [7, 11) is -4.61. The van der Waals surface area contributed by atoms with E-state index < -0.39 is 51.7 Å². The molecule has 0 saturated carbocycles. The van der Waals surface area contributed by atoms with E-state index in [1.807, 2.05) is 0 Å². The van der Waals surface area contributed by atoms with Crippen LogP contribution in [-0.2, 0) is 27.9 Å². The Bertz CT molecular complexity index is 637. The molecule has 36 heavy (non-hydrogen) atoms. The number of ether oxygens (including phenoxy) is 1. The second-order valence-corrected chi connectivity index (χ2v) is 10.1. The molecule has 0 spiro atoms. The Morgan fingerprint density at radius 1 is 0.889 bits per heavy atom. The summed E-state index contributed by atoms with van der Waals surface area (Å²) in [5, 5.41) is 20.1. The molecule has 0 aliphatic rings. The largest absolute Gasteiger partial charge is 1.00 e. The fourth-order valence-corrected chi connectivity index (χ4v) is 3.89. The quantitative estimate of drug-likeness (QED) is 0.0499. The van der Waals surface area contributed by atoms with E-state index in [1.165, 1.54) is 44.9 Å². The Hall–Kier alpha value is -0.290. The number of unbranched alkanes of at least 4 members (excludes halogenated alkanes) is 11. The number of hydrogen-bond acceptors (Lipinski definition) is 9. The minimum absolute atomic E-state index is 0. The Morgan fingerprint density at radius 2 is 1.39 bits per heavy atom. The Balaban J connectivity index is 0. The predicted octanol–water partition coefficient (Wildman–Crippen LogP) is 0.143. The van der Waals surface area contributed by atoms with Gasteiger partial charge >= 0.3 is 43.3 Å². The molecule has 206 valence electrons. The van der Waals surface area contributed by atoms with Gasteiger partial charge in [-0.25, -0.2) is 4.57 Å². The minimum Gasteiger partial charge on any atom is -0.548 e. The van der Waals surface area contributed by atoms with Crippen LogP contribution in [0.1, 0.15) is 96.8 Å². The second-order valence-electron chi connectivity index (χ2n) is 8.66. The molecular formula is C24H45NNaO9P. The van der Waals surface area contributed by atoms with Crippen LogP contribution in [0.25, 0.3) is 0 Å². The number of esters is 1. The predicted molar refractivity (Wildman–Crippen MR) is 131 cm³/mol. The minimum atomic E-state index is -4.61. The molecular weight excluding hydrogens is 500 g/mol. The summed E-state index contributed by atoms with van der Waals surface area (Å²) in [4.78, 5) is 31.6. The Labute approximate surface area is 238 Å². The van der Waals surface area contributed by atoms with Gasteiger partial charge in [0.05, 0.1) is 25.2 Å². The van der Waals surface area contributed by atoms with E-state index in [0.717, 1.165) is 32.1 Å². The molecule has 0 aliphatic heterocycles. The van der Waals surface area contributed by atoms with Gasteiger partial charge in [-0.3, -0.25) is 13.8 Å². The van der Waals surface area contributed by atoms with Crippen molar-refractivity contribution in [1.82, 2.24) is 0 Å². The number of aliphatic hydroxyl groups excluding tert-OH is 1. The first-order chi connectivity index (χ1) is 16.7. The maximum Gasteiger partial charge on any atom is 1.00 e. The van der Waals surface area contributed by atoms with E-state index in [0.29, 0.717) is 6.42 Å². The number of aliphatic hydroxyl groups is 1. The second kappa shape index (κ2) is 25.0. The number of carbonyl (C=O) groups excluding carboxylic acids is 2. The fourth-order valence-electron chi connectivity index (χ4n) is 3.11. The van der Waals surface area contributed by atoms with Crippen molar-refractivity contribution in [2.24, 2.45) is 5.73 Å². The van der Waals surface area contributed by atoms with Crippen LogP contribution in [0.4, 0.5) is 0 Å². The van der Waals surface area contributed by atoms with Crippen LogP contribution in [-0.4, -0.2) is 53.9 Å². The maximum atomic E-state index is 11.7. The number of hydrogen-bond donors (Lipinski definition) is 3. The van der Waals surface area contributed by atoms with E-state index >= 15 is 0 Å². The molecule has 0 aliphatic carbocycles. The molecule has 0 radical (unpaired) electrons. The summed E-state index contributed by atoms with van der Waals surface area (Å²) in [6.45, 7) is 0.393. The summed E-state index contributed by atoms with van der Waals surface area (Å²) >= 11 is 0. The summed E-state index contributed by atoms with van der Waals surface area (Å²) in [6, 6.07) is -1.60. The SMILES string of the molecule is CCCCCCCC/C=C\CCCCCCCC(=O)OC[C@@H](O)COP(=O)(O)OC[C@H](N)C(=O)[O-].[Na+]. The molecule has 12 heteroatoms. The van der Waals surface area contributed by atoms with Crippen molar-refractivity contribution < 1.29 is 72.6 Å². The van der Waals surface area contributed by atoms with Crippen LogP contribution >= 0.6 is 7.82 Å². The van der Waals surface area contributed by atoms with Crippen LogP contribution in [0, 0.1) is 0 Å². The van der Waals surface area contributed by atoms with Gasteiger partial charge in [-0.15, -0.1) is 0 Å². The van der Waals surface area contributed by atoms with E-state index in [1.54, 1.807) is 0 Å². The van der Waals surface area contributed by atoms with Gasteiger partial charge in [0.15, 0.2) is 0 Å². The molecule has 0 amide bonds. The van der Waals surface area contributed by atoms with Crippen molar-refractivity contribution in [2.45, 2.75) is 109 Å². The topological polar surface area (TPSA) is 168 Å². The number of allylic oxidation sites excluding steroid dienone is 2. The van der Waals surface area contributed by atoms with Crippen molar-refractivity contribution in [3.8, 4) is 0 Å². The number of carboxylic acids is 1. The van der Waals surface area contributed by atoms with Gasteiger partial charge in [0.2, 0.25) is 0 Å². The molecule has 0 aromatic rings. The van der Waals surface area contributed by atoms with Crippen LogP contribution < -0.4 is 40.4 Å². The molecule has 10 nitrogen and oxygen atoms in total. The van der Waals surface area contributed by atoms with Crippen LogP contribution in [0.5, 0.6) is 0 Å². The molecule has 1 unspecified atom stereocenters. The maximum absolute atomic E-state index is 11.7. The zero-order chi connectivity index (χ0) is 26.4. The monoisotopic (exact) mass is 545 g/mol. The smallest absolute Gasteiger partial charge is 0.548 e. The van der Waals surface area contributed by atoms with Gasteiger partial charge in [0.25, 0.3) is 0 Å². The summed E-state index contributed by atoms with van der Waals surface area (Å²) < 4.78 is 25.4. The van der Waals surface area contributed by atoms with Crippen molar-refractivity contribution >= 4 is 19.8 Å². The number of rotatable bonds is 24. The van der Waals surface area contributed by atoms with Gasteiger partial charge in [-0.1, -0.05) is 70.4 Å². The Kier molecular flexibility index (Phi) is 26.3. The van der Waals surface area contributed by atoms with Gasteiger partial charge in [0.1, 0.15) is 12.7 Å². The first-order valence-electron chi connectivity index (χ1n) is 12.7. The van der Waals surface area contributed by atoms with E-state index in [9.17, 15) is 29.3 Å². The summed E-state index contributed by atoms with van der Waals surface area (Å²) in [5.74, 6) is -2.12. The average Bonchev–Trinajstić information content (AvgIpc) is 2.82. The molecule has 0 saturated heterocycles. The summed E-state index contributed by atoms with van der Waals surface area (Å²) in [5.41, 5.74) is 5.09. The van der Waals surface area contributed by atoms with Crippen LogP contribution in [0.2, 0.25) is 0 Å². The molecule has 0 bridgehead atoms. The van der Waals surface area contributed by atoms with Gasteiger partial charge < -0.3 is 30.4 Å². The van der Waals surface area contributed by atoms with Gasteiger partial charge in [0, 0.05) is 6.42 Å². The fraction of sp³-hybridized carbons (Fsp3) is 0.833. The third-order valence-electron chi connectivity index (χ3n) is 5.23. The molecule has 0 heterocycles. The standard InChI is InChI=1S/C24H46NO9P.Na/c1-2-3-4-5-6-7-8-9-10-11-12-13-14-15-16-17-23(27)32-18-21(26)19-33-35(30,31)34-20-22(25)24(28)29;/h9-10,21-22,26H,2-8,11-20,25H2,1H3,(H,28,29)(H,30,31);/q;+1/p-1/b10-9-;/t21-,22+;/m1./s1. The van der Waals surface area contributed by atoms with E-state index in [-0.39, 0.29) is 36.0 Å². The molecule has 0 aromatic heterocycles. The summed E-state index contributed by atoms with van der Waals surface area (Å²) in [6.07, 6.45) is 18.5. The normalized spacial score (nSPS) is 14.7. The van der Waals surface area contributed by atoms with Crippen LogP contribution in [0.15, 0.2) is 12.2 Å².